The average Bonchev–Trinajstić information content (AvgIpc) is 1.80. The van der Waals surface area contributed by atoms with Gasteiger partial charge in [0.05, 0.1) is 5.75 Å². The number of hydrogen-bond acceptors (Lipinski definition) is 1. The van der Waals surface area contributed by atoms with Crippen LogP contribution >= 0.6 is 11.8 Å². The lowest BCUT2D eigenvalue weighted by molar-refractivity contribution is -0.105. The zero-order valence-electron chi connectivity index (χ0n) is 4.88. The normalized spacial score (nSPS) is 11.5. The van der Waals surface area contributed by atoms with E-state index in [2.05, 4.69) is 0 Å². The Hall–Kier alpha value is -0.330. The summed E-state index contributed by atoms with van der Waals surface area (Å²) in [5, 5.41) is -2.08. The van der Waals surface area contributed by atoms with Gasteiger partial charge in [-0.15, -0.1) is 0 Å². The Morgan fingerprint density at radius 1 is 1.09 bits per heavy atom. The summed E-state index contributed by atoms with van der Waals surface area (Å²) < 4.78 is 67.6. The van der Waals surface area contributed by atoms with Gasteiger partial charge in [-0.2, -0.15) is 26.3 Å². The molecule has 0 N–H and O–H groups in total. The Labute approximate surface area is 62.3 Å². The molecule has 0 heterocycles. The molecule has 0 saturated carbocycles. The lowest BCUT2D eigenvalue weighted by atomic mass is 10.8. The van der Waals surface area contributed by atoms with Gasteiger partial charge < -0.3 is 0 Å². The summed E-state index contributed by atoms with van der Waals surface area (Å²) in [5.41, 5.74) is 0. The largest absolute Gasteiger partial charge is 0.398 e. The molecule has 0 aliphatic carbocycles. The van der Waals surface area contributed by atoms with Crippen molar-refractivity contribution in [2.75, 3.05) is 5.75 Å². The van der Waals surface area contributed by atoms with Gasteiger partial charge in [0.25, 0.3) is 0 Å². The third kappa shape index (κ3) is 6.08. The highest BCUT2D eigenvalue weighted by atomic mass is 32.2. The molecule has 0 amide bonds. The number of rotatable bonds is 2. The summed E-state index contributed by atoms with van der Waals surface area (Å²) in [6.07, 6.45) is -7.35. The van der Waals surface area contributed by atoms with Crippen molar-refractivity contribution >= 4 is 11.8 Å². The van der Waals surface area contributed by atoms with Crippen molar-refractivity contribution in [3.63, 3.8) is 0 Å². The Kier molecular flexibility index (Phi) is 3.77. The van der Waals surface area contributed by atoms with Gasteiger partial charge in [0.1, 0.15) is 0 Å². The van der Waals surface area contributed by atoms with Gasteiger partial charge in [-0.25, -0.2) is 0 Å². The van der Waals surface area contributed by atoms with Crippen molar-refractivity contribution in [3.05, 3.63) is 11.2 Å². The molecule has 0 fully saturated rings. The maximum atomic E-state index is 11.6. The maximum Gasteiger partial charge on any atom is 0.398 e. The highest BCUT2D eigenvalue weighted by molar-refractivity contribution is 8.02. The van der Waals surface area contributed by atoms with Gasteiger partial charge in [-0.3, -0.25) is 0 Å². The third-order valence-electron chi connectivity index (χ3n) is 0.511. The second kappa shape index (κ2) is 3.89. The standard InChI is InChI=1S/C4H2F6S/c5-2(6)3(7)11-1-4(8,9)10/h1H2. The summed E-state index contributed by atoms with van der Waals surface area (Å²) in [5.74, 6) is -1.64. The summed E-state index contributed by atoms with van der Waals surface area (Å²) in [6.45, 7) is 0. The molecule has 0 nitrogen and oxygen atoms in total. The van der Waals surface area contributed by atoms with E-state index in [1.807, 2.05) is 0 Å². The minimum atomic E-state index is -4.63. The first-order valence-corrected chi connectivity index (χ1v) is 3.22. The maximum absolute atomic E-state index is 11.6. The summed E-state index contributed by atoms with van der Waals surface area (Å²) in [6, 6.07) is 0. The molecule has 0 aromatic heterocycles. The van der Waals surface area contributed by atoms with Gasteiger partial charge >= 0.3 is 12.3 Å². The van der Waals surface area contributed by atoms with Crippen molar-refractivity contribution in [1.29, 1.82) is 0 Å². The highest BCUT2D eigenvalue weighted by Gasteiger charge is 2.28. The smallest absolute Gasteiger partial charge is 0.193 e. The van der Waals surface area contributed by atoms with Crippen LogP contribution in [0.3, 0.4) is 0 Å². The molecule has 0 aliphatic heterocycles. The topological polar surface area (TPSA) is 0 Å². The predicted molar refractivity (Wildman–Crippen MR) is 28.9 cm³/mol. The van der Waals surface area contributed by atoms with Crippen LogP contribution in [0, 0.1) is 0 Å². The second-order valence-corrected chi connectivity index (χ2v) is 2.37. The minimum Gasteiger partial charge on any atom is -0.193 e. The van der Waals surface area contributed by atoms with E-state index in [0.717, 1.165) is 0 Å². The first-order valence-electron chi connectivity index (χ1n) is 2.23. The lowest BCUT2D eigenvalue weighted by Crippen LogP contribution is -2.10. The summed E-state index contributed by atoms with van der Waals surface area (Å²) in [7, 11) is 0. The first-order chi connectivity index (χ1) is 4.83. The zero-order chi connectivity index (χ0) is 9.07. The Morgan fingerprint density at radius 3 is 1.82 bits per heavy atom. The van der Waals surface area contributed by atoms with E-state index in [-0.39, 0.29) is 0 Å². The van der Waals surface area contributed by atoms with E-state index in [1.54, 1.807) is 0 Å². The molecule has 0 saturated heterocycles. The van der Waals surface area contributed by atoms with Crippen LogP contribution in [0.2, 0.25) is 0 Å². The minimum absolute atomic E-state index is 0.571. The average molecular weight is 196 g/mol. The Morgan fingerprint density at radius 2 is 1.55 bits per heavy atom. The summed E-state index contributed by atoms with van der Waals surface area (Å²) in [4.78, 5) is 0. The first kappa shape index (κ1) is 10.7. The van der Waals surface area contributed by atoms with Gasteiger partial charge in [0.2, 0.25) is 5.16 Å². The molecule has 0 bridgehead atoms. The third-order valence-corrected chi connectivity index (χ3v) is 1.39. The van der Waals surface area contributed by atoms with Crippen LogP contribution in [-0.4, -0.2) is 11.9 Å². The van der Waals surface area contributed by atoms with Gasteiger partial charge in [-0.05, 0) is 0 Å². The van der Waals surface area contributed by atoms with Crippen LogP contribution in [0.25, 0.3) is 0 Å². The number of thioether (sulfide) groups is 1. The molecule has 0 rings (SSSR count). The second-order valence-electron chi connectivity index (χ2n) is 1.44. The van der Waals surface area contributed by atoms with Crippen LogP contribution in [0.5, 0.6) is 0 Å². The predicted octanol–water partition coefficient (Wildman–Crippen LogP) is 3.32. The lowest BCUT2D eigenvalue weighted by Gasteiger charge is -2.02. The molecule has 0 radical (unpaired) electrons. The van der Waals surface area contributed by atoms with Crippen LogP contribution in [0.1, 0.15) is 0 Å². The zero-order valence-corrected chi connectivity index (χ0v) is 5.70. The molecule has 0 atom stereocenters. The number of alkyl halides is 3. The molecule has 0 unspecified atom stereocenters. The van der Waals surface area contributed by atoms with E-state index in [0.29, 0.717) is 0 Å². The molecular weight excluding hydrogens is 194 g/mol. The van der Waals surface area contributed by atoms with E-state index < -0.39 is 34.9 Å². The Balaban J connectivity index is 3.82. The van der Waals surface area contributed by atoms with Crippen LogP contribution < -0.4 is 0 Å². The molecule has 11 heavy (non-hydrogen) atoms. The molecular formula is C4H2F6S. The van der Waals surface area contributed by atoms with Crippen molar-refractivity contribution < 1.29 is 26.3 Å². The van der Waals surface area contributed by atoms with Crippen LogP contribution in [0.15, 0.2) is 11.2 Å². The molecule has 0 aromatic rings. The SMILES string of the molecule is FC(F)=C(F)SCC(F)(F)F. The molecule has 0 aromatic carbocycles. The van der Waals surface area contributed by atoms with Crippen molar-refractivity contribution in [3.8, 4) is 0 Å². The van der Waals surface area contributed by atoms with E-state index in [9.17, 15) is 26.3 Å². The molecule has 0 spiro atoms. The van der Waals surface area contributed by atoms with Crippen LogP contribution in [-0.2, 0) is 0 Å². The Bertz CT molecular complexity index is 154. The van der Waals surface area contributed by atoms with Gasteiger partial charge in [0, 0.05) is 0 Å². The van der Waals surface area contributed by atoms with Gasteiger partial charge in [-0.1, -0.05) is 11.8 Å². The number of hydrogen-bond donors (Lipinski definition) is 0. The van der Waals surface area contributed by atoms with E-state index in [1.165, 1.54) is 0 Å². The van der Waals surface area contributed by atoms with E-state index >= 15 is 0 Å². The van der Waals surface area contributed by atoms with E-state index in [4.69, 9.17) is 0 Å². The fourth-order valence-corrected chi connectivity index (χ4v) is 0.599. The highest BCUT2D eigenvalue weighted by Crippen LogP contribution is 2.29. The molecule has 7 heteroatoms. The fraction of sp³-hybridized carbons (Fsp3) is 0.500. The monoisotopic (exact) mass is 196 g/mol. The quantitative estimate of drug-likeness (QED) is 0.610. The fourth-order valence-electron chi connectivity index (χ4n) is 0.200. The van der Waals surface area contributed by atoms with Crippen molar-refractivity contribution in [2.45, 2.75) is 6.18 Å². The van der Waals surface area contributed by atoms with Crippen molar-refractivity contribution in [1.82, 2.24) is 0 Å². The van der Waals surface area contributed by atoms with Gasteiger partial charge in [0.15, 0.2) is 0 Å². The summed E-state index contributed by atoms with van der Waals surface area (Å²) >= 11 is -0.571. The molecule has 66 valence electrons. The van der Waals surface area contributed by atoms with Crippen molar-refractivity contribution in [2.24, 2.45) is 0 Å². The molecule has 0 aliphatic rings. The van der Waals surface area contributed by atoms with Crippen LogP contribution in [0.4, 0.5) is 26.3 Å². The number of halogens is 6.